The van der Waals surface area contributed by atoms with E-state index in [2.05, 4.69) is 5.32 Å². The summed E-state index contributed by atoms with van der Waals surface area (Å²) in [4.78, 5) is 13.7. The fourth-order valence-electron chi connectivity index (χ4n) is 5.08. The lowest BCUT2D eigenvalue weighted by molar-refractivity contribution is -0.238. The smallest absolute Gasteiger partial charge is 0.203 e. The molecule has 1 aliphatic carbocycles. The van der Waals surface area contributed by atoms with Crippen molar-refractivity contribution >= 4 is 11.8 Å². The molecule has 1 heterocycles. The van der Waals surface area contributed by atoms with Gasteiger partial charge in [-0.3, -0.25) is 10.1 Å². The van der Waals surface area contributed by atoms with Gasteiger partial charge in [0.15, 0.2) is 16.9 Å². The molecule has 2 aromatic rings. The minimum Gasteiger partial charge on any atom is -0.493 e. The Morgan fingerprint density at radius 2 is 1.76 bits per heavy atom. The van der Waals surface area contributed by atoms with Crippen LogP contribution in [0, 0.1) is 0 Å². The van der Waals surface area contributed by atoms with Crippen molar-refractivity contribution in [2.75, 3.05) is 34.2 Å². The van der Waals surface area contributed by atoms with E-state index in [0.29, 0.717) is 40.5 Å². The van der Waals surface area contributed by atoms with Crippen molar-refractivity contribution in [2.45, 2.75) is 54.4 Å². The second kappa shape index (κ2) is 11.6. The Kier molecular flexibility index (Phi) is 8.64. The molecule has 0 spiro atoms. The van der Waals surface area contributed by atoms with Crippen molar-refractivity contribution in [1.82, 2.24) is 5.32 Å². The summed E-state index contributed by atoms with van der Waals surface area (Å²) in [7, 11) is 4.62. The fraction of sp³-hybridized carbons (Fsp3) is 0.500. The third kappa shape index (κ3) is 5.05. The molecule has 10 nitrogen and oxygen atoms in total. The molecule has 2 aliphatic rings. The summed E-state index contributed by atoms with van der Waals surface area (Å²) in [6.45, 7) is -0.538. The van der Waals surface area contributed by atoms with Crippen molar-refractivity contribution in [1.29, 1.82) is 0 Å². The van der Waals surface area contributed by atoms with Crippen molar-refractivity contribution in [2.24, 2.45) is 0 Å². The normalized spacial score (nSPS) is 27.0. The number of methoxy groups -OCH3 is 3. The van der Waals surface area contributed by atoms with Gasteiger partial charge in [-0.05, 0) is 54.0 Å². The summed E-state index contributed by atoms with van der Waals surface area (Å²) in [5.74, 6) is 1.40. The molecule has 37 heavy (non-hydrogen) atoms. The van der Waals surface area contributed by atoms with E-state index in [4.69, 9.17) is 18.9 Å². The molecule has 1 unspecified atom stereocenters. The van der Waals surface area contributed by atoms with Gasteiger partial charge in [-0.1, -0.05) is 6.07 Å². The van der Waals surface area contributed by atoms with Crippen LogP contribution in [-0.2, 0) is 11.2 Å². The number of nitrogens with one attached hydrogen (secondary N) is 1. The summed E-state index contributed by atoms with van der Waals surface area (Å²) < 4.78 is 22.7. The predicted octanol–water partition coefficient (Wildman–Crippen LogP) is 0.838. The Balaban J connectivity index is 1.89. The van der Waals surface area contributed by atoms with E-state index in [1.54, 1.807) is 26.4 Å². The maximum atomic E-state index is 13.1. The van der Waals surface area contributed by atoms with E-state index < -0.39 is 43.3 Å². The van der Waals surface area contributed by atoms with Crippen LogP contribution in [0.5, 0.6) is 17.2 Å². The number of hydrogen-bond acceptors (Lipinski definition) is 11. The minimum atomic E-state index is -1.52. The molecule has 202 valence electrons. The van der Waals surface area contributed by atoms with Crippen molar-refractivity contribution < 1.29 is 39.4 Å². The maximum Gasteiger partial charge on any atom is 0.203 e. The van der Waals surface area contributed by atoms with Gasteiger partial charge < -0.3 is 39.4 Å². The molecule has 4 rings (SSSR count). The second-order valence-electron chi connectivity index (χ2n) is 8.97. The summed E-state index contributed by atoms with van der Waals surface area (Å²) >= 11 is 1.34. The Hall–Kier alpha value is -2.38. The Morgan fingerprint density at radius 3 is 2.38 bits per heavy atom. The number of hydrogen-bond donors (Lipinski definition) is 5. The first-order valence-corrected chi connectivity index (χ1v) is 13.1. The molecule has 1 fully saturated rings. The topological polar surface area (TPSA) is 147 Å². The van der Waals surface area contributed by atoms with E-state index in [9.17, 15) is 25.2 Å². The molecule has 0 aromatic heterocycles. The highest BCUT2D eigenvalue weighted by molar-refractivity contribution is 7.98. The van der Waals surface area contributed by atoms with E-state index in [-0.39, 0.29) is 5.43 Å². The Labute approximate surface area is 219 Å². The zero-order valence-electron chi connectivity index (χ0n) is 21.1. The molecule has 0 bridgehead atoms. The third-order valence-electron chi connectivity index (χ3n) is 6.98. The largest absolute Gasteiger partial charge is 0.493 e. The molecule has 0 radical (unpaired) electrons. The quantitative estimate of drug-likeness (QED) is 0.321. The average molecular weight is 536 g/mol. The lowest BCUT2D eigenvalue weighted by Gasteiger charge is -2.41. The van der Waals surface area contributed by atoms with Crippen LogP contribution in [0.3, 0.4) is 0 Å². The first-order chi connectivity index (χ1) is 17.8. The molecule has 2 aromatic carbocycles. The lowest BCUT2D eigenvalue weighted by Crippen LogP contribution is -2.62. The van der Waals surface area contributed by atoms with Crippen LogP contribution in [-0.4, -0.2) is 85.3 Å². The predicted molar refractivity (Wildman–Crippen MR) is 138 cm³/mol. The first-order valence-electron chi connectivity index (χ1n) is 11.9. The van der Waals surface area contributed by atoms with Gasteiger partial charge in [0.05, 0.1) is 32.8 Å². The highest BCUT2D eigenvalue weighted by atomic mass is 32.2. The molecular weight excluding hydrogens is 502 g/mol. The van der Waals surface area contributed by atoms with Crippen LogP contribution < -0.4 is 25.0 Å². The highest BCUT2D eigenvalue weighted by Gasteiger charge is 2.44. The number of aliphatic hydroxyl groups is 4. The van der Waals surface area contributed by atoms with Gasteiger partial charge in [-0.2, -0.15) is 0 Å². The van der Waals surface area contributed by atoms with Crippen LogP contribution in [0.25, 0.3) is 11.1 Å². The van der Waals surface area contributed by atoms with Gasteiger partial charge in [0.1, 0.15) is 30.6 Å². The van der Waals surface area contributed by atoms with E-state index in [1.807, 2.05) is 18.4 Å². The van der Waals surface area contributed by atoms with Gasteiger partial charge in [0.25, 0.3) is 0 Å². The average Bonchev–Trinajstić information content (AvgIpc) is 3.15. The number of aliphatic hydroxyl groups excluding tert-OH is 4. The fourth-order valence-corrected chi connectivity index (χ4v) is 5.54. The molecule has 0 amide bonds. The SMILES string of the molecule is COc1cc2c(c(OC)c1OC)-c1ccc(SC)c(=O)cc1[C@@H](NC1O[C@H](CO)[C@H](O)[C@H](O)[C@H]1O)CC2. The maximum absolute atomic E-state index is 13.1. The van der Waals surface area contributed by atoms with Crippen LogP contribution in [0.4, 0.5) is 0 Å². The number of ether oxygens (including phenoxy) is 4. The van der Waals surface area contributed by atoms with Crippen LogP contribution >= 0.6 is 11.8 Å². The molecule has 1 saturated heterocycles. The van der Waals surface area contributed by atoms with E-state index in [1.165, 1.54) is 18.9 Å². The van der Waals surface area contributed by atoms with E-state index >= 15 is 0 Å². The number of thioether (sulfide) groups is 1. The monoisotopic (exact) mass is 535 g/mol. The molecule has 6 atom stereocenters. The summed E-state index contributed by atoms with van der Waals surface area (Å²) in [5, 5.41) is 44.0. The Morgan fingerprint density at radius 1 is 1.03 bits per heavy atom. The number of fused-ring (bicyclic) bond motifs is 3. The van der Waals surface area contributed by atoms with Gasteiger partial charge in [-0.15, -0.1) is 11.8 Å². The van der Waals surface area contributed by atoms with Crippen molar-refractivity contribution in [3.63, 3.8) is 0 Å². The highest BCUT2D eigenvalue weighted by Crippen LogP contribution is 2.50. The number of rotatable bonds is 7. The van der Waals surface area contributed by atoms with Crippen molar-refractivity contribution in [3.05, 3.63) is 45.6 Å². The summed E-state index contributed by atoms with van der Waals surface area (Å²) in [6, 6.07) is 6.58. The van der Waals surface area contributed by atoms with Gasteiger partial charge >= 0.3 is 0 Å². The second-order valence-corrected chi connectivity index (χ2v) is 9.81. The van der Waals surface area contributed by atoms with Gasteiger partial charge in [0, 0.05) is 11.6 Å². The zero-order chi connectivity index (χ0) is 26.9. The van der Waals surface area contributed by atoms with Gasteiger partial charge in [-0.25, -0.2) is 0 Å². The number of benzene rings is 1. The Bertz CT molecular complexity index is 1190. The van der Waals surface area contributed by atoms with Crippen LogP contribution in [0.15, 0.2) is 34.0 Å². The summed E-state index contributed by atoms with van der Waals surface area (Å²) in [5.41, 5.74) is 2.88. The van der Waals surface area contributed by atoms with E-state index in [0.717, 1.165) is 16.7 Å². The first kappa shape index (κ1) is 27.6. The summed E-state index contributed by atoms with van der Waals surface area (Å²) in [6.07, 6.45) is -3.76. The minimum absolute atomic E-state index is 0.169. The van der Waals surface area contributed by atoms with Crippen molar-refractivity contribution in [3.8, 4) is 28.4 Å². The molecular formula is C26H33NO9S. The lowest BCUT2D eigenvalue weighted by atomic mass is 9.94. The standard InChI is InChI=1S/C26H33NO9S/c1-33-17-9-12-5-7-15(27-26-23(32)22(31)21(30)18(11-28)36-26)14-10-16(29)19(37-4)8-6-13(14)20(12)25(35-3)24(17)34-2/h6,8-10,15,18,21-23,26-28,30-32H,5,7,11H2,1-4H3/t15-,18+,21-,22-,23+,26?/m0/s1. The third-order valence-corrected chi connectivity index (χ3v) is 7.76. The number of aryl methyl sites for hydroxylation is 1. The van der Waals surface area contributed by atoms with Crippen LogP contribution in [0.2, 0.25) is 0 Å². The van der Waals surface area contributed by atoms with Crippen LogP contribution in [0.1, 0.15) is 23.6 Å². The molecule has 5 N–H and O–H groups in total. The molecule has 1 aliphatic heterocycles. The molecule has 0 saturated carbocycles. The van der Waals surface area contributed by atoms with Gasteiger partial charge in [0.2, 0.25) is 5.75 Å². The molecule has 11 heteroatoms. The zero-order valence-corrected chi connectivity index (χ0v) is 21.9.